The summed E-state index contributed by atoms with van der Waals surface area (Å²) in [5.41, 5.74) is 10.6. The molecule has 2 heterocycles. The molecule has 0 unspecified atom stereocenters. The number of carbonyl (C=O) groups is 3. The maximum atomic E-state index is 14.8. The highest BCUT2D eigenvalue weighted by atomic mass is 32.2. The van der Waals surface area contributed by atoms with Gasteiger partial charge in [0.2, 0.25) is 5.91 Å². The number of alkyl carbamates (subject to hydrolysis) is 1. The zero-order valence-electron chi connectivity index (χ0n) is 31.3. The van der Waals surface area contributed by atoms with Gasteiger partial charge in [-0.1, -0.05) is 88.4 Å². The normalized spacial score (nSPS) is 13.7. The molecule has 4 rings (SSSR count). The highest BCUT2D eigenvalue weighted by molar-refractivity contribution is 7.98. The molecule has 4 atom stereocenters. The maximum absolute atomic E-state index is 14.8. The molecule has 2 aromatic carbocycles. The second kappa shape index (κ2) is 21.0. The van der Waals surface area contributed by atoms with Crippen molar-refractivity contribution in [1.29, 1.82) is 0 Å². The van der Waals surface area contributed by atoms with Crippen molar-refractivity contribution in [3.63, 3.8) is 0 Å². The first-order chi connectivity index (χ1) is 25.5. The number of nitrogens with one attached hydrogen (secondary N) is 1. The van der Waals surface area contributed by atoms with Crippen LogP contribution in [-0.4, -0.2) is 81.3 Å². The molecule has 286 valence electrons. The van der Waals surface area contributed by atoms with Gasteiger partial charge in [0.1, 0.15) is 12.6 Å². The fraction of sp³-hybridized carbons (Fsp3) is 0.462. The predicted molar refractivity (Wildman–Crippen MR) is 214 cm³/mol. The molecule has 0 aliphatic rings. The van der Waals surface area contributed by atoms with E-state index in [2.05, 4.69) is 24.1 Å². The standard InChI is InChI=1S/C39H52N6O5S3/c1-26(2)35(36(40)46)45(39(48)44(5)21-30-23-52-37(42-30)27(3)4)31(17-28-13-9-7-10-14-28)19-34(50-25-51-6)33(18-29-15-11-8-12-16-29)43-38(47)49-22-32-20-41-24-53-32/h7-16,20,23-24,26-27,31,33-35H,17-19,21-22,25H2,1-6H3,(H2,40,46)(H,43,47)/t31-,33-,34-,35-/m0/s1. The van der Waals surface area contributed by atoms with Crippen LogP contribution >= 0.6 is 34.4 Å². The lowest BCUT2D eigenvalue weighted by molar-refractivity contribution is -0.125. The zero-order valence-corrected chi connectivity index (χ0v) is 33.8. The summed E-state index contributed by atoms with van der Waals surface area (Å²) in [6, 6.07) is 17.3. The highest BCUT2D eigenvalue weighted by Crippen LogP contribution is 2.27. The molecule has 0 fully saturated rings. The number of ether oxygens (including phenoxy) is 2. The van der Waals surface area contributed by atoms with Crippen LogP contribution in [0.3, 0.4) is 0 Å². The number of nitrogens with zero attached hydrogens (tertiary/aromatic N) is 4. The van der Waals surface area contributed by atoms with Crippen molar-refractivity contribution in [3.05, 3.63) is 104 Å². The van der Waals surface area contributed by atoms with E-state index in [1.165, 1.54) is 23.1 Å². The fourth-order valence-electron chi connectivity index (χ4n) is 6.20. The van der Waals surface area contributed by atoms with Gasteiger partial charge in [0, 0.05) is 30.6 Å². The molecular formula is C39H52N6O5S3. The third-order valence-corrected chi connectivity index (χ3v) is 11.0. The zero-order chi connectivity index (χ0) is 38.3. The van der Waals surface area contributed by atoms with E-state index in [4.69, 9.17) is 20.2 Å². The van der Waals surface area contributed by atoms with Gasteiger partial charge in [-0.2, -0.15) is 0 Å². The van der Waals surface area contributed by atoms with Crippen molar-refractivity contribution in [1.82, 2.24) is 25.1 Å². The minimum Gasteiger partial charge on any atom is -0.444 e. The number of benzene rings is 2. The molecule has 0 aliphatic carbocycles. The van der Waals surface area contributed by atoms with Crippen LogP contribution in [0.2, 0.25) is 0 Å². The Morgan fingerprint density at radius 3 is 2.17 bits per heavy atom. The molecule has 0 bridgehead atoms. The number of amides is 4. The van der Waals surface area contributed by atoms with Crippen LogP contribution in [0.5, 0.6) is 0 Å². The van der Waals surface area contributed by atoms with Crippen LogP contribution in [0.15, 0.2) is 77.8 Å². The van der Waals surface area contributed by atoms with Crippen molar-refractivity contribution < 1.29 is 23.9 Å². The molecule has 0 saturated heterocycles. The van der Waals surface area contributed by atoms with Crippen molar-refractivity contribution in [2.24, 2.45) is 11.7 Å². The van der Waals surface area contributed by atoms with Crippen LogP contribution in [-0.2, 0) is 40.3 Å². The van der Waals surface area contributed by atoms with Gasteiger partial charge in [-0.25, -0.2) is 14.6 Å². The fourth-order valence-corrected chi connectivity index (χ4v) is 7.84. The van der Waals surface area contributed by atoms with Crippen LogP contribution in [0.25, 0.3) is 0 Å². The predicted octanol–water partition coefficient (Wildman–Crippen LogP) is 7.33. The van der Waals surface area contributed by atoms with E-state index in [0.717, 1.165) is 26.7 Å². The van der Waals surface area contributed by atoms with Gasteiger partial charge in [0.15, 0.2) is 0 Å². The number of rotatable bonds is 20. The topological polar surface area (TPSA) is 140 Å². The molecule has 53 heavy (non-hydrogen) atoms. The van der Waals surface area contributed by atoms with E-state index < -0.39 is 36.2 Å². The number of nitrogens with two attached hydrogens (primary N) is 1. The number of carbonyl (C=O) groups excluding carboxylic acids is 3. The van der Waals surface area contributed by atoms with E-state index in [-0.39, 0.29) is 37.4 Å². The molecule has 3 N–H and O–H groups in total. The average Bonchev–Trinajstić information content (AvgIpc) is 3.84. The van der Waals surface area contributed by atoms with Gasteiger partial charge < -0.3 is 30.3 Å². The number of hydrogen-bond acceptors (Lipinski definition) is 10. The number of urea groups is 1. The summed E-state index contributed by atoms with van der Waals surface area (Å²) in [5, 5.41) is 6.06. The monoisotopic (exact) mass is 780 g/mol. The first-order valence-electron chi connectivity index (χ1n) is 17.7. The summed E-state index contributed by atoms with van der Waals surface area (Å²) < 4.78 is 12.2. The lowest BCUT2D eigenvalue weighted by Crippen LogP contribution is -2.60. The Morgan fingerprint density at radius 2 is 1.62 bits per heavy atom. The Balaban J connectivity index is 1.75. The van der Waals surface area contributed by atoms with Crippen molar-refractivity contribution >= 4 is 52.5 Å². The molecule has 0 spiro atoms. The minimum atomic E-state index is -0.925. The summed E-state index contributed by atoms with van der Waals surface area (Å²) in [4.78, 5) is 54.4. The number of thiazole rings is 2. The number of primary amides is 1. The number of thioether (sulfide) groups is 1. The Labute approximate surface area is 325 Å². The molecule has 0 saturated carbocycles. The molecule has 0 radical (unpaired) electrons. The summed E-state index contributed by atoms with van der Waals surface area (Å²) in [6.45, 7) is 8.31. The third kappa shape index (κ3) is 12.8. The third-order valence-electron chi connectivity index (χ3n) is 8.72. The van der Waals surface area contributed by atoms with Crippen LogP contribution in [0.1, 0.15) is 66.7 Å². The first-order valence-corrected chi connectivity index (χ1v) is 20.9. The molecule has 2 aromatic heterocycles. The van der Waals surface area contributed by atoms with E-state index in [0.29, 0.717) is 18.8 Å². The van der Waals surface area contributed by atoms with E-state index in [1.54, 1.807) is 39.9 Å². The van der Waals surface area contributed by atoms with Gasteiger partial charge in [0.05, 0.1) is 45.7 Å². The van der Waals surface area contributed by atoms with Crippen molar-refractivity contribution in [2.75, 3.05) is 19.2 Å². The molecule has 4 amide bonds. The van der Waals surface area contributed by atoms with Gasteiger partial charge in [-0.05, 0) is 42.6 Å². The molecular weight excluding hydrogens is 729 g/mol. The van der Waals surface area contributed by atoms with Crippen LogP contribution in [0.4, 0.5) is 9.59 Å². The Bertz CT molecular complexity index is 1690. The molecule has 14 heteroatoms. The first kappa shape index (κ1) is 41.8. The van der Waals surface area contributed by atoms with Gasteiger partial charge >= 0.3 is 12.1 Å². The Kier molecular flexibility index (Phi) is 16.6. The summed E-state index contributed by atoms with van der Waals surface area (Å²) in [7, 11) is 1.72. The van der Waals surface area contributed by atoms with E-state index in [1.807, 2.05) is 86.1 Å². The van der Waals surface area contributed by atoms with Gasteiger partial charge in [-0.3, -0.25) is 9.78 Å². The SMILES string of the molecule is CSCO[C@@H](C[C@H](Cc1ccccc1)N(C(=O)N(C)Cc1csc(C(C)C)n1)[C@H](C(N)=O)C(C)C)[C@H](Cc1ccccc1)NC(=O)OCc1cncs1. The van der Waals surface area contributed by atoms with Gasteiger partial charge in [-0.15, -0.1) is 34.4 Å². The highest BCUT2D eigenvalue weighted by Gasteiger charge is 2.40. The lowest BCUT2D eigenvalue weighted by atomic mass is 9.90. The Morgan fingerprint density at radius 1 is 0.962 bits per heavy atom. The van der Waals surface area contributed by atoms with E-state index >= 15 is 0 Å². The lowest BCUT2D eigenvalue weighted by Gasteiger charge is -2.42. The van der Waals surface area contributed by atoms with Crippen LogP contribution < -0.4 is 11.1 Å². The summed E-state index contributed by atoms with van der Waals surface area (Å²) in [5.74, 6) is -0.282. The molecule has 0 aliphatic heterocycles. The Hall–Kier alpha value is -3.98. The molecule has 11 nitrogen and oxygen atoms in total. The van der Waals surface area contributed by atoms with E-state index in [9.17, 15) is 14.4 Å². The van der Waals surface area contributed by atoms with Crippen molar-refractivity contribution in [2.45, 2.75) is 90.3 Å². The maximum Gasteiger partial charge on any atom is 0.407 e. The second-order valence-electron chi connectivity index (χ2n) is 13.6. The quantitative estimate of drug-likeness (QED) is 0.0890. The van der Waals surface area contributed by atoms with Gasteiger partial charge in [0.25, 0.3) is 0 Å². The molecule has 4 aromatic rings. The second-order valence-corrected chi connectivity index (χ2v) is 16.3. The average molecular weight is 781 g/mol. The van der Waals surface area contributed by atoms with Crippen LogP contribution in [0, 0.1) is 5.92 Å². The van der Waals surface area contributed by atoms with Crippen molar-refractivity contribution in [3.8, 4) is 0 Å². The smallest absolute Gasteiger partial charge is 0.407 e. The minimum absolute atomic E-state index is 0.0858. The number of aromatic nitrogens is 2. The largest absolute Gasteiger partial charge is 0.444 e. The summed E-state index contributed by atoms with van der Waals surface area (Å²) in [6.07, 6.45) is 3.56. The number of hydrogen-bond donors (Lipinski definition) is 2. The summed E-state index contributed by atoms with van der Waals surface area (Å²) >= 11 is 4.49.